The van der Waals surface area contributed by atoms with Gasteiger partial charge in [0.15, 0.2) is 0 Å². The van der Waals surface area contributed by atoms with E-state index in [1.807, 2.05) is 12.1 Å². The lowest BCUT2D eigenvalue weighted by Gasteiger charge is -2.15. The van der Waals surface area contributed by atoms with Crippen LogP contribution in [-0.2, 0) is 0 Å². The van der Waals surface area contributed by atoms with Gasteiger partial charge in [0.1, 0.15) is 11.2 Å². The highest BCUT2D eigenvalue weighted by atomic mass is 16.3. The Bertz CT molecular complexity index is 9700. The molecule has 0 saturated heterocycles. The second-order valence-corrected chi connectivity index (χ2v) is 36.0. The molecule has 0 bridgehead atoms. The first-order chi connectivity index (χ1) is 69.0. The van der Waals surface area contributed by atoms with Crippen LogP contribution in [0.4, 0.5) is 0 Å². The van der Waals surface area contributed by atoms with Gasteiger partial charge in [0.2, 0.25) is 0 Å². The summed E-state index contributed by atoms with van der Waals surface area (Å²) in [5.41, 5.74) is 30.8. The van der Waals surface area contributed by atoms with Crippen molar-refractivity contribution < 1.29 is 4.42 Å². The topological polar surface area (TPSA) is 42.7 Å². The van der Waals surface area contributed by atoms with Crippen molar-refractivity contribution in [2.45, 2.75) is 0 Å². The van der Waals surface area contributed by atoms with E-state index in [9.17, 15) is 0 Å². The third-order valence-corrected chi connectivity index (χ3v) is 28.3. The lowest BCUT2D eigenvalue weighted by Crippen LogP contribution is -1.98. The molecule has 0 N–H and O–H groups in total. The Morgan fingerprint density at radius 2 is 0.388 bits per heavy atom. The van der Waals surface area contributed by atoms with Gasteiger partial charge < -0.3 is 31.8 Å². The van der Waals surface area contributed by atoms with Crippen LogP contribution in [0.2, 0.25) is 0 Å². The van der Waals surface area contributed by atoms with Crippen molar-refractivity contribution in [3.8, 4) is 67.5 Å². The van der Waals surface area contributed by atoms with E-state index >= 15 is 0 Å². The average Bonchev–Trinajstić information content (AvgIpc) is 1.55. The molecular weight excluding hydrogens is 1690 g/mol. The van der Waals surface area contributed by atoms with E-state index in [2.05, 4.69) is 537 Å². The molecule has 23 aromatic carbocycles. The van der Waals surface area contributed by atoms with E-state index in [1.54, 1.807) is 0 Å². The van der Waals surface area contributed by atoms with Crippen molar-refractivity contribution in [1.82, 2.24) is 27.4 Å². The fourth-order valence-corrected chi connectivity index (χ4v) is 22.4. The first-order valence-electron chi connectivity index (χ1n) is 47.7. The van der Waals surface area contributed by atoms with Gasteiger partial charge in [-0.05, 0) is 223 Å². The van der Waals surface area contributed by atoms with Gasteiger partial charge in [-0.25, -0.2) is 0 Å². The fraction of sp³-hybridized carbons (Fsp3) is 0. The summed E-state index contributed by atoms with van der Waals surface area (Å²) in [7, 11) is 0. The van der Waals surface area contributed by atoms with Crippen LogP contribution in [0.3, 0.4) is 0 Å². The van der Waals surface area contributed by atoms with E-state index in [-0.39, 0.29) is 0 Å². The molecule has 0 amide bonds. The van der Waals surface area contributed by atoms with Gasteiger partial charge >= 0.3 is 0 Å². The van der Waals surface area contributed by atoms with Crippen LogP contribution in [-0.4, -0.2) is 27.4 Å². The predicted octanol–water partition coefficient (Wildman–Crippen LogP) is 35.7. The van der Waals surface area contributed by atoms with Gasteiger partial charge in [-0.2, -0.15) is 0 Å². The SMILES string of the molecule is c1ccc(-c2cc(-c3ccccc3)cc(-n3c4ccccc4c4ccc(-c5ccc6c7ccccc7c7ccccc7c6c5)cc43)c2)cc1.c1ccc(-n2c3ccccc3c3c4c5ccccc5n(-c5ccccc5)c4ccc32)cc1.c1ccc(-n2c3ccccc3c3c4oc5ccccc5c4ccc32)cc1.c1ccc(-n2c3ccccc3c3ccc4c5ccccc5n(-c5ccccc5)c4c32)cc1. The molecule has 7 heterocycles. The molecule has 7 heteroatoms. The number of rotatable bonds is 9. The number of aromatic nitrogens is 6. The molecule has 0 unspecified atom stereocenters. The standard InChI is InChI=1S/C48H31N.2C30H20N2.C24H15NO/c1-3-13-32(14-4-1)36-27-37(33-15-5-2-6-16-33)29-38(28-36)49-47-22-12-11-21-44(47)45-26-24-35(31-48(45)49)34-23-25-43-41-19-8-7-17-39(41)40-18-9-10-20-42(40)46(43)30-34;1-3-11-21(12-4-1)31-27-17-9-7-15-23(27)25-19-20-26-24-16-8-10-18-28(24)32(30(26)29(25)31)22-13-5-2-6-14-22;1-3-11-21(12-4-1)31-25-17-9-7-15-23(25)29-27(31)19-20-28-30(29)24-16-8-10-18-26(24)32(28)22-13-5-2-6-14-22;1-2-8-16(9-3-1)25-20-12-6-4-11-19(20)23-21(25)15-14-18-17-10-5-7-13-22(17)26-24(18)23/h1-31H;2*1-20H;1-15H. The Morgan fingerprint density at radius 3 is 0.813 bits per heavy atom. The number of fused-ring (bicyclic) bond motifs is 30. The number of furan rings is 1. The van der Waals surface area contributed by atoms with Crippen LogP contribution in [0, 0.1) is 0 Å². The van der Waals surface area contributed by atoms with E-state index < -0.39 is 0 Å². The Hall–Kier alpha value is -18.6. The summed E-state index contributed by atoms with van der Waals surface area (Å²) in [6, 6.07) is 187. The molecule has 0 aliphatic rings. The van der Waals surface area contributed by atoms with E-state index in [0.29, 0.717) is 0 Å². The highest BCUT2D eigenvalue weighted by Crippen LogP contribution is 2.48. The molecule has 650 valence electrons. The van der Waals surface area contributed by atoms with Gasteiger partial charge in [0, 0.05) is 104 Å². The molecular formula is C132H86N6O. The van der Waals surface area contributed by atoms with Gasteiger partial charge in [0.05, 0.1) is 71.6 Å². The Balaban J connectivity index is 0.0000000960. The maximum absolute atomic E-state index is 6.31. The summed E-state index contributed by atoms with van der Waals surface area (Å²) in [6.07, 6.45) is 0. The van der Waals surface area contributed by atoms with Crippen LogP contribution in [0.25, 0.3) is 253 Å². The number of hydrogen-bond acceptors (Lipinski definition) is 1. The molecule has 0 saturated carbocycles. The molecule has 0 radical (unpaired) electrons. The number of benzene rings is 23. The first-order valence-corrected chi connectivity index (χ1v) is 47.7. The van der Waals surface area contributed by atoms with Crippen molar-refractivity contribution in [3.05, 3.63) is 522 Å². The largest absolute Gasteiger partial charge is 0.455 e. The number of para-hydroxylation sites is 12. The lowest BCUT2D eigenvalue weighted by molar-refractivity contribution is 0.673. The van der Waals surface area contributed by atoms with Crippen molar-refractivity contribution >= 4 is 185 Å². The van der Waals surface area contributed by atoms with Gasteiger partial charge in [-0.3, -0.25) is 0 Å². The molecule has 0 aliphatic heterocycles. The minimum Gasteiger partial charge on any atom is -0.455 e. The van der Waals surface area contributed by atoms with Crippen LogP contribution < -0.4 is 0 Å². The second kappa shape index (κ2) is 33.3. The molecule has 0 fully saturated rings. The maximum Gasteiger partial charge on any atom is 0.145 e. The van der Waals surface area contributed by atoms with Gasteiger partial charge in [-0.15, -0.1) is 0 Å². The first kappa shape index (κ1) is 80.1. The van der Waals surface area contributed by atoms with E-state index in [1.165, 1.54) is 230 Å². The fourth-order valence-electron chi connectivity index (χ4n) is 22.4. The van der Waals surface area contributed by atoms with Crippen LogP contribution in [0.5, 0.6) is 0 Å². The molecule has 0 aliphatic carbocycles. The van der Waals surface area contributed by atoms with Crippen molar-refractivity contribution in [3.63, 3.8) is 0 Å². The molecule has 7 nitrogen and oxygen atoms in total. The summed E-state index contributed by atoms with van der Waals surface area (Å²) in [5, 5.41) is 25.3. The normalized spacial score (nSPS) is 11.7. The van der Waals surface area contributed by atoms with Crippen LogP contribution >= 0.6 is 0 Å². The quantitative estimate of drug-likeness (QED) is 0.133. The zero-order valence-electron chi connectivity index (χ0n) is 75.7. The summed E-state index contributed by atoms with van der Waals surface area (Å²) in [5.74, 6) is 0. The Kier molecular flexibility index (Phi) is 19.2. The summed E-state index contributed by atoms with van der Waals surface area (Å²) >= 11 is 0. The minimum absolute atomic E-state index is 0.937. The molecule has 7 aromatic heterocycles. The molecule has 0 spiro atoms. The van der Waals surface area contributed by atoms with Crippen molar-refractivity contribution in [2.24, 2.45) is 0 Å². The maximum atomic E-state index is 6.31. The zero-order chi connectivity index (χ0) is 91.5. The summed E-state index contributed by atoms with van der Waals surface area (Å²) in [6.45, 7) is 0. The highest BCUT2D eigenvalue weighted by Gasteiger charge is 2.26. The van der Waals surface area contributed by atoms with Crippen LogP contribution in [0.1, 0.15) is 0 Å². The van der Waals surface area contributed by atoms with E-state index in [0.717, 1.165) is 22.5 Å². The Morgan fingerprint density at radius 1 is 0.122 bits per heavy atom. The van der Waals surface area contributed by atoms with Gasteiger partial charge in [-0.1, -0.05) is 364 Å². The predicted molar refractivity (Wildman–Crippen MR) is 588 cm³/mol. The monoisotopic (exact) mass is 1770 g/mol. The average molecular weight is 1770 g/mol. The molecule has 30 aromatic rings. The van der Waals surface area contributed by atoms with E-state index in [4.69, 9.17) is 4.42 Å². The second-order valence-electron chi connectivity index (χ2n) is 36.0. The lowest BCUT2D eigenvalue weighted by atomic mass is 9.92. The number of hydrogen-bond donors (Lipinski definition) is 0. The third kappa shape index (κ3) is 13.2. The zero-order valence-corrected chi connectivity index (χ0v) is 75.7. The van der Waals surface area contributed by atoms with Crippen molar-refractivity contribution in [1.29, 1.82) is 0 Å². The Labute approximate surface area is 800 Å². The van der Waals surface area contributed by atoms with Crippen LogP contribution in [0.15, 0.2) is 526 Å². The molecule has 139 heavy (non-hydrogen) atoms. The van der Waals surface area contributed by atoms with Crippen molar-refractivity contribution in [2.75, 3.05) is 0 Å². The van der Waals surface area contributed by atoms with Gasteiger partial charge in [0.25, 0.3) is 0 Å². The molecule has 0 atom stereocenters. The minimum atomic E-state index is 0.937. The molecule has 30 rings (SSSR count). The summed E-state index contributed by atoms with van der Waals surface area (Å²) < 4.78 is 20.7. The summed E-state index contributed by atoms with van der Waals surface area (Å²) in [4.78, 5) is 0. The number of nitrogens with zero attached hydrogens (tertiary/aromatic N) is 6. The highest BCUT2D eigenvalue weighted by molar-refractivity contribution is 6.31. The third-order valence-electron chi connectivity index (χ3n) is 28.3. The smallest absolute Gasteiger partial charge is 0.145 e.